The first kappa shape index (κ1) is 27.6. The molecule has 1 unspecified atom stereocenters. The highest BCUT2D eigenvalue weighted by Gasteiger charge is 2.34. The number of ether oxygens (including phenoxy) is 3. The van der Waals surface area contributed by atoms with E-state index in [1.807, 2.05) is 43.3 Å². The van der Waals surface area contributed by atoms with Crippen molar-refractivity contribution in [3.05, 3.63) is 83.4 Å². The zero-order valence-electron chi connectivity index (χ0n) is 22.5. The molecule has 1 aliphatic heterocycles. The molecular formula is C31H35NO5S. The third-order valence-corrected chi connectivity index (χ3v) is 8.12. The highest BCUT2D eigenvalue weighted by Crippen LogP contribution is 2.45. The number of nitrogens with zero attached hydrogens (tertiary/aromatic N) is 1. The molecule has 1 heterocycles. The molecule has 0 N–H and O–H groups in total. The SMILES string of the molecule is CCCOc1ccc2c(c1)S(=O)C(c1ccc(OCCN(CC)CC)cc1)=C2C(=O)c1ccc(OC)cc1. The first-order valence-corrected chi connectivity index (χ1v) is 14.2. The fourth-order valence-corrected chi connectivity index (χ4v) is 5.95. The fourth-order valence-electron chi connectivity index (χ4n) is 4.40. The molecule has 200 valence electrons. The number of carbonyl (C=O) groups excluding carboxylic acids is 1. The summed E-state index contributed by atoms with van der Waals surface area (Å²) in [6.45, 7) is 10.3. The minimum absolute atomic E-state index is 0.184. The minimum atomic E-state index is -1.55. The number of hydrogen-bond donors (Lipinski definition) is 0. The van der Waals surface area contributed by atoms with Gasteiger partial charge >= 0.3 is 0 Å². The average Bonchev–Trinajstić information content (AvgIpc) is 3.25. The molecule has 0 fully saturated rings. The lowest BCUT2D eigenvalue weighted by atomic mass is 9.94. The molecule has 3 aromatic carbocycles. The van der Waals surface area contributed by atoms with Crippen LogP contribution in [0.1, 0.15) is 48.7 Å². The Kier molecular flexibility index (Phi) is 9.37. The largest absolute Gasteiger partial charge is 0.497 e. The normalized spacial score (nSPS) is 14.5. The van der Waals surface area contributed by atoms with Crippen molar-refractivity contribution >= 4 is 27.1 Å². The van der Waals surface area contributed by atoms with Gasteiger partial charge in [-0.15, -0.1) is 0 Å². The summed E-state index contributed by atoms with van der Waals surface area (Å²) in [7, 11) is 0.0395. The van der Waals surface area contributed by atoms with Gasteiger partial charge in [0.2, 0.25) is 0 Å². The second-order valence-corrected chi connectivity index (χ2v) is 10.3. The first-order chi connectivity index (χ1) is 18.5. The highest BCUT2D eigenvalue weighted by molar-refractivity contribution is 7.95. The van der Waals surface area contributed by atoms with E-state index in [4.69, 9.17) is 14.2 Å². The molecule has 0 aliphatic carbocycles. The molecule has 1 atom stereocenters. The number of hydrogen-bond acceptors (Lipinski definition) is 6. The van der Waals surface area contributed by atoms with Crippen LogP contribution >= 0.6 is 0 Å². The van der Waals surface area contributed by atoms with E-state index in [0.29, 0.717) is 51.2 Å². The Morgan fingerprint density at radius 2 is 1.45 bits per heavy atom. The lowest BCUT2D eigenvalue weighted by Gasteiger charge is -2.18. The van der Waals surface area contributed by atoms with Gasteiger partial charge in [-0.05, 0) is 79.7 Å². The van der Waals surface area contributed by atoms with Gasteiger partial charge in [0, 0.05) is 23.2 Å². The Hall–Kier alpha value is -3.42. The van der Waals surface area contributed by atoms with Gasteiger partial charge in [0.1, 0.15) is 23.9 Å². The Morgan fingerprint density at radius 1 is 0.816 bits per heavy atom. The molecule has 6 nitrogen and oxygen atoms in total. The van der Waals surface area contributed by atoms with E-state index in [2.05, 4.69) is 18.7 Å². The summed E-state index contributed by atoms with van der Waals surface area (Å²) >= 11 is 0. The first-order valence-electron chi connectivity index (χ1n) is 13.1. The second-order valence-electron chi connectivity index (χ2n) is 8.94. The monoisotopic (exact) mass is 533 g/mol. The van der Waals surface area contributed by atoms with Crippen LogP contribution in [0, 0.1) is 0 Å². The minimum Gasteiger partial charge on any atom is -0.497 e. The third-order valence-electron chi connectivity index (χ3n) is 6.57. The number of methoxy groups -OCH3 is 1. The lowest BCUT2D eigenvalue weighted by Crippen LogP contribution is -2.27. The molecule has 38 heavy (non-hydrogen) atoms. The maximum Gasteiger partial charge on any atom is 0.194 e. The van der Waals surface area contributed by atoms with Crippen molar-refractivity contribution in [2.75, 3.05) is 40.0 Å². The van der Waals surface area contributed by atoms with Crippen LogP contribution in [0.15, 0.2) is 71.6 Å². The zero-order chi connectivity index (χ0) is 27.1. The molecule has 0 saturated carbocycles. The highest BCUT2D eigenvalue weighted by atomic mass is 32.2. The van der Waals surface area contributed by atoms with Gasteiger partial charge in [-0.3, -0.25) is 4.79 Å². The lowest BCUT2D eigenvalue weighted by molar-refractivity contribution is 0.105. The van der Waals surface area contributed by atoms with E-state index >= 15 is 0 Å². The van der Waals surface area contributed by atoms with Crippen molar-refractivity contribution in [1.29, 1.82) is 0 Å². The van der Waals surface area contributed by atoms with Crippen LogP contribution in [-0.2, 0) is 10.8 Å². The topological polar surface area (TPSA) is 65.1 Å². The molecule has 0 aromatic heterocycles. The van der Waals surface area contributed by atoms with Crippen molar-refractivity contribution in [2.45, 2.75) is 32.1 Å². The van der Waals surface area contributed by atoms with Gasteiger partial charge in [0.25, 0.3) is 0 Å². The maximum atomic E-state index is 13.9. The van der Waals surface area contributed by atoms with Crippen LogP contribution in [0.2, 0.25) is 0 Å². The number of ketones is 1. The molecule has 7 heteroatoms. The molecule has 0 saturated heterocycles. The molecule has 0 spiro atoms. The van der Waals surface area contributed by atoms with Crippen LogP contribution in [0.25, 0.3) is 10.5 Å². The third kappa shape index (κ3) is 6.00. The summed E-state index contributed by atoms with van der Waals surface area (Å²) in [5, 5.41) is 0. The summed E-state index contributed by atoms with van der Waals surface area (Å²) in [5.41, 5.74) is 2.35. The second kappa shape index (κ2) is 12.9. The van der Waals surface area contributed by atoms with Crippen LogP contribution in [0.5, 0.6) is 17.2 Å². The summed E-state index contributed by atoms with van der Waals surface area (Å²) in [4.78, 5) is 17.2. The maximum absolute atomic E-state index is 13.9. The summed E-state index contributed by atoms with van der Waals surface area (Å²) in [5.74, 6) is 1.87. The molecule has 0 bridgehead atoms. The molecule has 3 aromatic rings. The average molecular weight is 534 g/mol. The van der Waals surface area contributed by atoms with Gasteiger partial charge in [-0.25, -0.2) is 4.21 Å². The molecule has 4 rings (SSSR count). The summed E-state index contributed by atoms with van der Waals surface area (Å²) in [6.07, 6.45) is 0.869. The molecule has 0 radical (unpaired) electrons. The van der Waals surface area contributed by atoms with E-state index in [1.54, 1.807) is 37.4 Å². The standard InChI is InChI=1S/C31H35NO5S/c1-5-19-36-26-16-17-27-28(21-26)38(34)31(29(27)30(33)22-8-12-24(35-4)13-9-22)23-10-14-25(15-11-23)37-20-18-32(6-2)7-3/h8-17,21H,5-7,18-20H2,1-4H3. The van der Waals surface area contributed by atoms with Gasteiger partial charge in [0.05, 0.1) is 34.3 Å². The molecule has 1 aliphatic rings. The fraction of sp³-hybridized carbons (Fsp3) is 0.323. The van der Waals surface area contributed by atoms with Crippen molar-refractivity contribution in [3.8, 4) is 17.2 Å². The Labute approximate surface area is 227 Å². The van der Waals surface area contributed by atoms with E-state index in [1.165, 1.54) is 0 Å². The van der Waals surface area contributed by atoms with Gasteiger partial charge in [0.15, 0.2) is 5.78 Å². The van der Waals surface area contributed by atoms with Crippen LogP contribution in [-0.4, -0.2) is 54.8 Å². The van der Waals surface area contributed by atoms with Crippen molar-refractivity contribution < 1.29 is 23.2 Å². The Bertz CT molecular complexity index is 1310. The van der Waals surface area contributed by atoms with Crippen LogP contribution in [0.3, 0.4) is 0 Å². The van der Waals surface area contributed by atoms with Gasteiger partial charge < -0.3 is 19.1 Å². The molecule has 0 amide bonds. The zero-order valence-corrected chi connectivity index (χ0v) is 23.3. The van der Waals surface area contributed by atoms with Crippen molar-refractivity contribution in [3.63, 3.8) is 0 Å². The predicted molar refractivity (Wildman–Crippen MR) is 152 cm³/mol. The van der Waals surface area contributed by atoms with Crippen LogP contribution in [0.4, 0.5) is 0 Å². The van der Waals surface area contributed by atoms with Crippen LogP contribution < -0.4 is 14.2 Å². The number of likely N-dealkylation sites (N-methyl/N-ethyl adjacent to an activating group) is 1. The number of benzene rings is 3. The van der Waals surface area contributed by atoms with Crippen molar-refractivity contribution in [2.24, 2.45) is 0 Å². The quantitative estimate of drug-likeness (QED) is 0.248. The summed E-state index contributed by atoms with van der Waals surface area (Å²) in [6, 6.07) is 19.9. The Balaban J connectivity index is 1.69. The Morgan fingerprint density at radius 3 is 2.08 bits per heavy atom. The van der Waals surface area contributed by atoms with E-state index in [-0.39, 0.29) is 5.78 Å². The number of fused-ring (bicyclic) bond motifs is 1. The smallest absolute Gasteiger partial charge is 0.194 e. The number of allylic oxidation sites excluding steroid dienone is 1. The predicted octanol–water partition coefficient (Wildman–Crippen LogP) is 6.08. The number of rotatable bonds is 13. The van der Waals surface area contributed by atoms with Gasteiger partial charge in [-0.2, -0.15) is 0 Å². The number of carbonyl (C=O) groups is 1. The van der Waals surface area contributed by atoms with Crippen molar-refractivity contribution in [1.82, 2.24) is 4.90 Å². The van der Waals surface area contributed by atoms with E-state index in [9.17, 15) is 9.00 Å². The van der Waals surface area contributed by atoms with E-state index < -0.39 is 10.8 Å². The number of Topliss-reactive ketones (excluding diaryl/α,β-unsaturated/α-hetero) is 1. The molecular weight excluding hydrogens is 498 g/mol. The van der Waals surface area contributed by atoms with Gasteiger partial charge in [-0.1, -0.05) is 32.9 Å². The van der Waals surface area contributed by atoms with E-state index in [0.717, 1.165) is 37.4 Å². The summed E-state index contributed by atoms with van der Waals surface area (Å²) < 4.78 is 30.8.